The number of hydrogen-bond donors (Lipinski definition) is 1. The minimum atomic E-state index is 0.747. The van der Waals surface area contributed by atoms with Gasteiger partial charge in [0.2, 0.25) is 0 Å². The molecule has 3 heteroatoms. The third kappa shape index (κ3) is 3.28. The van der Waals surface area contributed by atoms with Gasteiger partial charge in [-0.1, -0.05) is 0 Å². The lowest BCUT2D eigenvalue weighted by Crippen LogP contribution is -2.31. The number of hydrogen-bond acceptors (Lipinski definition) is 2. The van der Waals surface area contributed by atoms with Crippen molar-refractivity contribution < 1.29 is 0 Å². The van der Waals surface area contributed by atoms with Crippen molar-refractivity contribution in [3.8, 4) is 0 Å². The van der Waals surface area contributed by atoms with Gasteiger partial charge in [0.1, 0.15) is 0 Å². The predicted octanol–water partition coefficient (Wildman–Crippen LogP) is 2.49. The molecule has 0 radical (unpaired) electrons. The first-order valence-electron chi connectivity index (χ1n) is 5.84. The zero-order chi connectivity index (χ0) is 10.5. The van der Waals surface area contributed by atoms with E-state index in [1.165, 1.54) is 29.9 Å². The Hall–Kier alpha value is -0.410. The number of rotatable bonds is 4. The van der Waals surface area contributed by atoms with Crippen molar-refractivity contribution in [2.75, 3.05) is 11.5 Å². The van der Waals surface area contributed by atoms with Crippen LogP contribution in [0.15, 0.2) is 18.5 Å². The summed E-state index contributed by atoms with van der Waals surface area (Å²) in [5.74, 6) is 2.65. The van der Waals surface area contributed by atoms with Gasteiger partial charge in [-0.15, -0.1) is 0 Å². The molecule has 0 unspecified atom stereocenters. The SMILES string of the molecule is CCn1ccc(CNC2CCSCC2)c1. The highest BCUT2D eigenvalue weighted by Gasteiger charge is 2.12. The molecule has 0 atom stereocenters. The van der Waals surface area contributed by atoms with Crippen LogP contribution in [-0.4, -0.2) is 22.1 Å². The minimum absolute atomic E-state index is 0.747. The van der Waals surface area contributed by atoms with Gasteiger partial charge in [0.25, 0.3) is 0 Å². The first-order chi connectivity index (χ1) is 7.38. The summed E-state index contributed by atoms with van der Waals surface area (Å²) in [7, 11) is 0. The first kappa shape index (κ1) is 11.1. The number of thioether (sulfide) groups is 1. The molecule has 0 amide bonds. The predicted molar refractivity (Wildman–Crippen MR) is 67.3 cm³/mol. The van der Waals surface area contributed by atoms with Gasteiger partial charge in [0.05, 0.1) is 0 Å². The summed E-state index contributed by atoms with van der Waals surface area (Å²) in [5, 5.41) is 3.65. The van der Waals surface area contributed by atoms with E-state index in [2.05, 4.69) is 47.0 Å². The van der Waals surface area contributed by atoms with Crippen LogP contribution in [0.2, 0.25) is 0 Å². The van der Waals surface area contributed by atoms with Crippen LogP contribution in [0.5, 0.6) is 0 Å². The fourth-order valence-electron chi connectivity index (χ4n) is 1.96. The van der Waals surface area contributed by atoms with Gasteiger partial charge in [-0.3, -0.25) is 0 Å². The van der Waals surface area contributed by atoms with E-state index in [1.54, 1.807) is 0 Å². The summed E-state index contributed by atoms with van der Waals surface area (Å²) in [6.07, 6.45) is 7.07. The molecule has 2 nitrogen and oxygen atoms in total. The van der Waals surface area contributed by atoms with Crippen LogP contribution in [0, 0.1) is 0 Å². The highest BCUT2D eigenvalue weighted by atomic mass is 32.2. The van der Waals surface area contributed by atoms with Crippen LogP contribution in [0.4, 0.5) is 0 Å². The molecular weight excluding hydrogens is 204 g/mol. The Kier molecular flexibility index (Phi) is 4.15. The molecule has 1 aromatic rings. The maximum Gasteiger partial charge on any atom is 0.0223 e. The highest BCUT2D eigenvalue weighted by molar-refractivity contribution is 7.99. The van der Waals surface area contributed by atoms with Gasteiger partial charge in [-0.05, 0) is 42.9 Å². The molecule has 0 bridgehead atoms. The van der Waals surface area contributed by atoms with Crippen molar-refractivity contribution in [3.05, 3.63) is 24.0 Å². The van der Waals surface area contributed by atoms with Crippen molar-refractivity contribution in [2.24, 2.45) is 0 Å². The fraction of sp³-hybridized carbons (Fsp3) is 0.667. The Morgan fingerprint density at radius 2 is 2.27 bits per heavy atom. The van der Waals surface area contributed by atoms with E-state index in [-0.39, 0.29) is 0 Å². The molecule has 2 heterocycles. The Morgan fingerprint density at radius 1 is 1.47 bits per heavy atom. The summed E-state index contributed by atoms with van der Waals surface area (Å²) in [4.78, 5) is 0. The largest absolute Gasteiger partial charge is 0.354 e. The standard InChI is InChI=1S/C12H20N2S/c1-2-14-6-3-11(10-14)9-13-12-4-7-15-8-5-12/h3,6,10,12-13H,2,4-5,7-9H2,1H3. The van der Waals surface area contributed by atoms with Crippen molar-refractivity contribution in [1.29, 1.82) is 0 Å². The maximum atomic E-state index is 3.65. The van der Waals surface area contributed by atoms with Crippen LogP contribution in [0.1, 0.15) is 25.3 Å². The Bertz CT molecular complexity index is 290. The normalized spacial score (nSPS) is 18.2. The number of nitrogens with zero attached hydrogens (tertiary/aromatic N) is 1. The molecule has 1 aliphatic heterocycles. The molecule has 0 aromatic carbocycles. The number of aromatic nitrogens is 1. The minimum Gasteiger partial charge on any atom is -0.354 e. The van der Waals surface area contributed by atoms with E-state index >= 15 is 0 Å². The van der Waals surface area contributed by atoms with Crippen LogP contribution in [0.3, 0.4) is 0 Å². The summed E-state index contributed by atoms with van der Waals surface area (Å²) in [6, 6.07) is 2.96. The number of aryl methyl sites for hydroxylation is 1. The van der Waals surface area contributed by atoms with Crippen molar-refractivity contribution in [3.63, 3.8) is 0 Å². The molecular formula is C12H20N2S. The van der Waals surface area contributed by atoms with Crippen molar-refractivity contribution >= 4 is 11.8 Å². The van der Waals surface area contributed by atoms with Crippen LogP contribution >= 0.6 is 11.8 Å². The zero-order valence-corrected chi connectivity index (χ0v) is 10.2. The summed E-state index contributed by atoms with van der Waals surface area (Å²) < 4.78 is 2.23. The monoisotopic (exact) mass is 224 g/mol. The topological polar surface area (TPSA) is 17.0 Å². The van der Waals surface area contributed by atoms with Crippen LogP contribution in [0.25, 0.3) is 0 Å². The molecule has 84 valence electrons. The van der Waals surface area contributed by atoms with Gasteiger partial charge >= 0.3 is 0 Å². The molecule has 2 rings (SSSR count). The molecule has 15 heavy (non-hydrogen) atoms. The smallest absolute Gasteiger partial charge is 0.0223 e. The quantitative estimate of drug-likeness (QED) is 0.846. The second-order valence-corrected chi connectivity index (χ2v) is 5.34. The molecule has 1 aliphatic rings. The highest BCUT2D eigenvalue weighted by Crippen LogP contribution is 2.17. The van der Waals surface area contributed by atoms with Gasteiger partial charge in [0.15, 0.2) is 0 Å². The Balaban J connectivity index is 1.76. The maximum absolute atomic E-state index is 3.65. The fourth-order valence-corrected chi connectivity index (χ4v) is 3.06. The summed E-state index contributed by atoms with van der Waals surface area (Å²) in [5.41, 5.74) is 1.41. The zero-order valence-electron chi connectivity index (χ0n) is 9.41. The van der Waals surface area contributed by atoms with E-state index < -0.39 is 0 Å². The lowest BCUT2D eigenvalue weighted by molar-refractivity contribution is 0.482. The molecule has 0 aliphatic carbocycles. The van der Waals surface area contributed by atoms with Gasteiger partial charge in [0, 0.05) is 31.5 Å². The molecule has 1 aromatic heterocycles. The third-order valence-corrected chi connectivity index (χ3v) is 4.04. The Labute approximate surface area is 96.4 Å². The van der Waals surface area contributed by atoms with E-state index in [4.69, 9.17) is 0 Å². The van der Waals surface area contributed by atoms with E-state index in [1.807, 2.05) is 0 Å². The van der Waals surface area contributed by atoms with Gasteiger partial charge in [-0.2, -0.15) is 11.8 Å². The summed E-state index contributed by atoms with van der Waals surface area (Å²) >= 11 is 2.08. The second kappa shape index (κ2) is 5.61. The van der Waals surface area contributed by atoms with Gasteiger partial charge < -0.3 is 9.88 Å². The van der Waals surface area contributed by atoms with Crippen molar-refractivity contribution in [2.45, 2.75) is 38.9 Å². The van der Waals surface area contributed by atoms with E-state index in [0.29, 0.717) is 0 Å². The first-order valence-corrected chi connectivity index (χ1v) is 6.99. The average Bonchev–Trinajstić information content (AvgIpc) is 2.76. The molecule has 0 saturated carbocycles. The van der Waals surface area contributed by atoms with Crippen LogP contribution < -0.4 is 5.32 Å². The van der Waals surface area contributed by atoms with Crippen molar-refractivity contribution in [1.82, 2.24) is 9.88 Å². The second-order valence-electron chi connectivity index (χ2n) is 4.12. The van der Waals surface area contributed by atoms with Gasteiger partial charge in [-0.25, -0.2) is 0 Å². The lowest BCUT2D eigenvalue weighted by atomic mass is 10.1. The summed E-state index contributed by atoms with van der Waals surface area (Å²) in [6.45, 7) is 4.28. The molecule has 1 saturated heterocycles. The molecule has 1 N–H and O–H groups in total. The van der Waals surface area contributed by atoms with Crippen LogP contribution in [-0.2, 0) is 13.1 Å². The Morgan fingerprint density at radius 3 is 2.93 bits per heavy atom. The van der Waals surface area contributed by atoms with E-state index in [0.717, 1.165) is 19.1 Å². The number of nitrogens with one attached hydrogen (secondary N) is 1. The molecule has 0 spiro atoms. The lowest BCUT2D eigenvalue weighted by Gasteiger charge is -2.22. The molecule has 1 fully saturated rings. The third-order valence-electron chi connectivity index (χ3n) is 2.99. The average molecular weight is 224 g/mol. The van der Waals surface area contributed by atoms with E-state index in [9.17, 15) is 0 Å².